The molecule has 6 heteroatoms. The Morgan fingerprint density at radius 3 is 2.54 bits per heavy atom. The zero-order valence-electron chi connectivity index (χ0n) is 15.4. The van der Waals surface area contributed by atoms with Gasteiger partial charge in [0.25, 0.3) is 0 Å². The Morgan fingerprint density at radius 1 is 1.31 bits per heavy atom. The van der Waals surface area contributed by atoms with Crippen LogP contribution in [0.4, 0.5) is 0 Å². The first-order chi connectivity index (χ1) is 12.5. The molecular formula is C20H28O5S. The van der Waals surface area contributed by atoms with Crippen LogP contribution >= 0.6 is 0 Å². The summed E-state index contributed by atoms with van der Waals surface area (Å²) in [5.41, 5.74) is 0.845. The average Bonchev–Trinajstić information content (AvgIpc) is 2.66. The summed E-state index contributed by atoms with van der Waals surface area (Å²) < 4.78 is 35.0. The van der Waals surface area contributed by atoms with E-state index in [1.165, 1.54) is 6.08 Å². The Morgan fingerprint density at radius 2 is 1.96 bits per heavy atom. The van der Waals surface area contributed by atoms with E-state index in [-0.39, 0.29) is 22.3 Å². The summed E-state index contributed by atoms with van der Waals surface area (Å²) >= 11 is 0. The van der Waals surface area contributed by atoms with Gasteiger partial charge in [-0.1, -0.05) is 18.7 Å². The van der Waals surface area contributed by atoms with Crippen LogP contribution in [-0.2, 0) is 24.1 Å². The highest BCUT2D eigenvalue weighted by Crippen LogP contribution is 2.31. The van der Waals surface area contributed by atoms with Gasteiger partial charge in [0, 0.05) is 32.8 Å². The maximum absolute atomic E-state index is 12.4. The molecule has 1 fully saturated rings. The fourth-order valence-corrected chi connectivity index (χ4v) is 4.58. The third-order valence-electron chi connectivity index (χ3n) is 4.86. The Kier molecular flexibility index (Phi) is 8.00. The van der Waals surface area contributed by atoms with E-state index < -0.39 is 9.84 Å². The highest BCUT2D eigenvalue weighted by Gasteiger charge is 2.25. The predicted molar refractivity (Wildman–Crippen MR) is 101 cm³/mol. The van der Waals surface area contributed by atoms with Crippen LogP contribution < -0.4 is 0 Å². The smallest absolute Gasteiger partial charge is 0.178 e. The fraction of sp³-hybridized carbons (Fsp3) is 0.550. The molecule has 2 rings (SSSR count). The number of benzene rings is 1. The minimum Gasteiger partial charge on any atom is -0.385 e. The van der Waals surface area contributed by atoms with Crippen molar-refractivity contribution < 1.29 is 22.7 Å². The van der Waals surface area contributed by atoms with Gasteiger partial charge in [0.15, 0.2) is 15.6 Å². The molecule has 0 aliphatic carbocycles. The number of ketones is 1. The van der Waals surface area contributed by atoms with Gasteiger partial charge >= 0.3 is 0 Å². The Labute approximate surface area is 156 Å². The normalized spacial score (nSPS) is 17.0. The number of carbonyl (C=O) groups excluding carboxylic acids is 1. The number of hydrogen-bond acceptors (Lipinski definition) is 5. The molecule has 1 aliphatic heterocycles. The third-order valence-corrected chi connectivity index (χ3v) is 6.67. The highest BCUT2D eigenvalue weighted by molar-refractivity contribution is 7.91. The van der Waals surface area contributed by atoms with Crippen molar-refractivity contribution >= 4 is 15.6 Å². The number of rotatable bonds is 10. The van der Waals surface area contributed by atoms with E-state index >= 15 is 0 Å². The molecule has 0 spiro atoms. The maximum Gasteiger partial charge on any atom is 0.178 e. The van der Waals surface area contributed by atoms with Crippen LogP contribution in [0.15, 0.2) is 41.8 Å². The summed E-state index contributed by atoms with van der Waals surface area (Å²) in [6, 6.07) is 6.72. The fourth-order valence-electron chi connectivity index (χ4n) is 3.29. The molecule has 0 aromatic heterocycles. The SMILES string of the molecule is C=CC(=O)C(CC1CCOCC1)c1ccc(S(=O)(=O)CCCOC)cc1. The first-order valence-electron chi connectivity index (χ1n) is 9.03. The summed E-state index contributed by atoms with van der Waals surface area (Å²) in [5.74, 6) is 0.195. The summed E-state index contributed by atoms with van der Waals surface area (Å²) in [7, 11) is -1.78. The van der Waals surface area contributed by atoms with E-state index in [1.807, 2.05) is 0 Å². The monoisotopic (exact) mass is 380 g/mol. The molecule has 1 aromatic carbocycles. The van der Waals surface area contributed by atoms with Crippen LogP contribution in [0.3, 0.4) is 0 Å². The Bertz CT molecular complexity index is 687. The lowest BCUT2D eigenvalue weighted by Crippen LogP contribution is -2.21. The van der Waals surface area contributed by atoms with E-state index in [4.69, 9.17) is 9.47 Å². The van der Waals surface area contributed by atoms with E-state index in [2.05, 4.69) is 6.58 Å². The molecule has 26 heavy (non-hydrogen) atoms. The molecule has 1 aliphatic rings. The summed E-state index contributed by atoms with van der Waals surface area (Å²) in [6.07, 6.45) is 4.47. The van der Waals surface area contributed by atoms with Crippen LogP contribution in [0.25, 0.3) is 0 Å². The zero-order chi connectivity index (χ0) is 19.0. The molecule has 0 bridgehead atoms. The highest BCUT2D eigenvalue weighted by atomic mass is 32.2. The van der Waals surface area contributed by atoms with Crippen LogP contribution in [0, 0.1) is 5.92 Å². The minimum atomic E-state index is -3.33. The number of allylic oxidation sites excluding steroid dienone is 1. The number of ether oxygens (including phenoxy) is 2. The van der Waals surface area contributed by atoms with Crippen molar-refractivity contribution in [2.24, 2.45) is 5.92 Å². The largest absolute Gasteiger partial charge is 0.385 e. The number of sulfone groups is 1. The van der Waals surface area contributed by atoms with Crippen molar-refractivity contribution in [3.05, 3.63) is 42.5 Å². The van der Waals surface area contributed by atoms with Crippen molar-refractivity contribution in [3.63, 3.8) is 0 Å². The second kappa shape index (κ2) is 10.00. The van der Waals surface area contributed by atoms with Gasteiger partial charge in [-0.3, -0.25) is 4.79 Å². The van der Waals surface area contributed by atoms with Gasteiger partial charge in [-0.25, -0.2) is 8.42 Å². The topological polar surface area (TPSA) is 69.7 Å². The van der Waals surface area contributed by atoms with Gasteiger partial charge in [-0.15, -0.1) is 0 Å². The molecule has 1 unspecified atom stereocenters. The summed E-state index contributed by atoms with van der Waals surface area (Å²) in [4.78, 5) is 12.6. The molecule has 1 atom stereocenters. The Hall–Kier alpha value is -1.50. The molecule has 0 amide bonds. The van der Waals surface area contributed by atoms with Crippen LogP contribution in [-0.4, -0.2) is 46.9 Å². The van der Waals surface area contributed by atoms with E-state index in [0.717, 1.165) is 38.0 Å². The van der Waals surface area contributed by atoms with Gasteiger partial charge in [0.05, 0.1) is 10.6 Å². The molecule has 1 heterocycles. The second-order valence-electron chi connectivity index (χ2n) is 6.68. The second-order valence-corrected chi connectivity index (χ2v) is 8.79. The summed E-state index contributed by atoms with van der Waals surface area (Å²) in [6.45, 7) is 5.50. The lowest BCUT2D eigenvalue weighted by atomic mass is 9.83. The first-order valence-corrected chi connectivity index (χ1v) is 10.7. The third kappa shape index (κ3) is 5.76. The molecule has 0 N–H and O–H groups in total. The number of carbonyl (C=O) groups is 1. The van der Waals surface area contributed by atoms with Crippen LogP contribution in [0.1, 0.15) is 37.2 Å². The van der Waals surface area contributed by atoms with Gasteiger partial charge in [0.1, 0.15) is 0 Å². The molecular weight excluding hydrogens is 352 g/mol. The standard InChI is InChI=1S/C20H28O5S/c1-3-20(21)19(15-16-9-12-25-13-10-16)17-5-7-18(8-6-17)26(22,23)14-4-11-24-2/h3,5-8,16,19H,1,4,9-15H2,2H3. The molecule has 144 valence electrons. The van der Waals surface area contributed by atoms with Gasteiger partial charge in [-0.05, 0) is 55.4 Å². The van der Waals surface area contributed by atoms with Crippen molar-refractivity contribution in [1.29, 1.82) is 0 Å². The first kappa shape index (κ1) is 20.8. The van der Waals surface area contributed by atoms with Crippen LogP contribution in [0.5, 0.6) is 0 Å². The van der Waals surface area contributed by atoms with Gasteiger partial charge in [0.2, 0.25) is 0 Å². The summed E-state index contributed by atoms with van der Waals surface area (Å²) in [5, 5.41) is 0. The Balaban J connectivity index is 2.13. The number of hydrogen-bond donors (Lipinski definition) is 0. The lowest BCUT2D eigenvalue weighted by molar-refractivity contribution is -0.116. The molecule has 0 saturated carbocycles. The average molecular weight is 381 g/mol. The zero-order valence-corrected chi connectivity index (χ0v) is 16.2. The molecule has 5 nitrogen and oxygen atoms in total. The minimum absolute atomic E-state index is 0.0211. The van der Waals surface area contributed by atoms with Crippen molar-refractivity contribution in [2.45, 2.75) is 36.5 Å². The van der Waals surface area contributed by atoms with E-state index in [9.17, 15) is 13.2 Å². The van der Waals surface area contributed by atoms with E-state index in [1.54, 1.807) is 31.4 Å². The van der Waals surface area contributed by atoms with Crippen molar-refractivity contribution in [3.8, 4) is 0 Å². The van der Waals surface area contributed by atoms with Crippen molar-refractivity contribution in [2.75, 3.05) is 32.7 Å². The van der Waals surface area contributed by atoms with Gasteiger partial charge in [-0.2, -0.15) is 0 Å². The molecule has 1 aromatic rings. The predicted octanol–water partition coefficient (Wildman–Crippen LogP) is 3.15. The quantitative estimate of drug-likeness (QED) is 0.461. The van der Waals surface area contributed by atoms with E-state index in [0.29, 0.717) is 18.9 Å². The lowest BCUT2D eigenvalue weighted by Gasteiger charge is -2.26. The molecule has 1 saturated heterocycles. The van der Waals surface area contributed by atoms with Crippen LogP contribution in [0.2, 0.25) is 0 Å². The van der Waals surface area contributed by atoms with Crippen molar-refractivity contribution in [1.82, 2.24) is 0 Å². The number of methoxy groups -OCH3 is 1. The molecule has 0 radical (unpaired) electrons. The van der Waals surface area contributed by atoms with Gasteiger partial charge < -0.3 is 9.47 Å². The maximum atomic E-state index is 12.4.